The van der Waals surface area contributed by atoms with Crippen LogP contribution < -0.4 is 10.6 Å². The molecule has 2 N–H and O–H groups in total. The summed E-state index contributed by atoms with van der Waals surface area (Å²) in [7, 11) is 0. The lowest BCUT2D eigenvalue weighted by Crippen LogP contribution is -2.23. The van der Waals surface area contributed by atoms with Crippen molar-refractivity contribution in [1.29, 1.82) is 0 Å². The highest BCUT2D eigenvalue weighted by Gasteiger charge is 2.30. The molecular formula is C20H13BrN2O4S2. The number of fused-ring (bicyclic) bond motifs is 1. The smallest absolute Gasteiger partial charge is 0.327 e. The van der Waals surface area contributed by atoms with Gasteiger partial charge in [-0.3, -0.25) is 9.36 Å². The van der Waals surface area contributed by atoms with Crippen LogP contribution in [0, 0.1) is 3.95 Å². The third-order valence-electron chi connectivity index (χ3n) is 4.58. The molecule has 4 rings (SSSR count). The molecule has 0 radical (unpaired) electrons. The number of nitrogens with zero attached hydrogens (tertiary/aromatic N) is 2. The minimum Gasteiger partial charge on any atom is -0.493 e. The monoisotopic (exact) mass is 488 g/mol. The Kier molecular flexibility index (Phi) is 5.20. The van der Waals surface area contributed by atoms with Crippen LogP contribution in [-0.2, 0) is 16.0 Å². The van der Waals surface area contributed by atoms with Crippen molar-refractivity contribution < 1.29 is 19.8 Å². The van der Waals surface area contributed by atoms with Crippen LogP contribution in [0.5, 0.6) is 5.88 Å². The number of hydrogen-bond donors (Lipinski definition) is 2. The summed E-state index contributed by atoms with van der Waals surface area (Å²) in [4.78, 5) is 28.7. The van der Waals surface area contributed by atoms with Gasteiger partial charge >= 0.3 is 5.97 Å². The minimum atomic E-state index is -1.12. The van der Waals surface area contributed by atoms with Gasteiger partial charge in [0.25, 0.3) is 5.91 Å². The fourth-order valence-electron chi connectivity index (χ4n) is 3.25. The van der Waals surface area contributed by atoms with Gasteiger partial charge in [-0.15, -0.1) is 11.3 Å². The van der Waals surface area contributed by atoms with Crippen LogP contribution in [0.1, 0.15) is 16.5 Å². The van der Waals surface area contributed by atoms with Crippen molar-refractivity contribution in [1.82, 2.24) is 4.57 Å². The number of halogens is 1. The van der Waals surface area contributed by atoms with E-state index >= 15 is 0 Å². The minimum absolute atomic E-state index is 0.143. The molecule has 0 fully saturated rings. The van der Waals surface area contributed by atoms with E-state index in [9.17, 15) is 19.8 Å². The first-order valence-electron chi connectivity index (χ1n) is 8.51. The second kappa shape index (κ2) is 7.66. The van der Waals surface area contributed by atoms with Crippen LogP contribution >= 0.6 is 39.5 Å². The maximum absolute atomic E-state index is 12.5. The number of carboxylic acid groups (broad SMARTS) is 1. The first kappa shape index (κ1) is 19.7. The van der Waals surface area contributed by atoms with E-state index in [1.165, 1.54) is 4.57 Å². The third kappa shape index (κ3) is 3.57. The Bertz CT molecular complexity index is 1330. The molecule has 0 aliphatic carbocycles. The number of rotatable bonds is 5. The van der Waals surface area contributed by atoms with E-state index in [0.29, 0.717) is 10.6 Å². The average molecular weight is 489 g/mol. The molecule has 0 unspecified atom stereocenters. The van der Waals surface area contributed by atoms with Crippen molar-refractivity contribution in [2.45, 2.75) is 12.5 Å². The van der Waals surface area contributed by atoms with Crippen molar-refractivity contribution in [3.05, 3.63) is 78.0 Å². The highest BCUT2D eigenvalue weighted by Crippen LogP contribution is 2.36. The Hall–Kier alpha value is -2.62. The van der Waals surface area contributed by atoms with Crippen LogP contribution in [0.4, 0.5) is 0 Å². The first-order chi connectivity index (χ1) is 13.9. The molecule has 3 aromatic rings. The van der Waals surface area contributed by atoms with Crippen molar-refractivity contribution in [3.8, 4) is 5.88 Å². The van der Waals surface area contributed by atoms with Crippen molar-refractivity contribution >= 4 is 56.9 Å². The molecule has 2 aromatic carbocycles. The number of carbonyl (C=O) groups excluding carboxylic acids is 1. The second-order valence-electron chi connectivity index (χ2n) is 6.39. The van der Waals surface area contributed by atoms with E-state index in [0.717, 1.165) is 21.4 Å². The summed E-state index contributed by atoms with van der Waals surface area (Å²) in [5.41, 5.74) is 1.01. The van der Waals surface area contributed by atoms with Crippen LogP contribution in [0.25, 0.3) is 5.57 Å². The van der Waals surface area contributed by atoms with Crippen LogP contribution in [0.2, 0.25) is 0 Å². The van der Waals surface area contributed by atoms with Crippen LogP contribution in [0.15, 0.2) is 58.0 Å². The zero-order chi connectivity index (χ0) is 20.7. The van der Waals surface area contributed by atoms with Crippen molar-refractivity contribution in [2.75, 3.05) is 0 Å². The number of hydrogen-bond acceptors (Lipinski definition) is 5. The van der Waals surface area contributed by atoms with Gasteiger partial charge in [-0.2, -0.15) is 0 Å². The summed E-state index contributed by atoms with van der Waals surface area (Å²) in [6.07, 6.45) is 0.143. The van der Waals surface area contributed by atoms with Crippen molar-refractivity contribution in [2.24, 2.45) is 4.99 Å². The summed E-state index contributed by atoms with van der Waals surface area (Å²) in [6.45, 7) is 0. The zero-order valence-corrected chi connectivity index (χ0v) is 17.9. The maximum Gasteiger partial charge on any atom is 0.327 e. The summed E-state index contributed by atoms with van der Waals surface area (Å²) in [5.74, 6) is -1.96. The zero-order valence-electron chi connectivity index (χ0n) is 14.7. The Labute approximate surface area is 182 Å². The van der Waals surface area contributed by atoms with E-state index in [-0.39, 0.29) is 26.7 Å². The topological polar surface area (TPSA) is 91.9 Å². The normalized spacial score (nSPS) is 13.8. The SMILES string of the molecule is O=C1N=c2ccc(Br)cc2=C1c1sc(=S)n([C@H](Cc2ccccc2)C(=O)O)c1O. The second-order valence-corrected chi connectivity index (χ2v) is 8.95. The molecule has 1 atom stereocenters. The van der Waals surface area contributed by atoms with Gasteiger partial charge in [-0.1, -0.05) is 46.3 Å². The number of aromatic nitrogens is 1. The maximum atomic E-state index is 12.5. The molecule has 0 saturated carbocycles. The lowest BCUT2D eigenvalue weighted by atomic mass is 10.1. The number of aromatic hydroxyl groups is 1. The molecule has 0 spiro atoms. The third-order valence-corrected chi connectivity index (χ3v) is 6.48. The Morgan fingerprint density at radius 2 is 1.97 bits per heavy atom. The van der Waals surface area contributed by atoms with Crippen LogP contribution in [0.3, 0.4) is 0 Å². The lowest BCUT2D eigenvalue weighted by Gasteiger charge is -2.15. The molecule has 0 saturated heterocycles. The fraction of sp³-hybridized carbons (Fsp3) is 0.100. The van der Waals surface area contributed by atoms with Gasteiger partial charge in [0.1, 0.15) is 10.9 Å². The van der Waals surface area contributed by atoms with Gasteiger partial charge in [0.15, 0.2) is 3.95 Å². The van der Waals surface area contributed by atoms with E-state index < -0.39 is 17.9 Å². The predicted molar refractivity (Wildman–Crippen MR) is 114 cm³/mol. The predicted octanol–water partition coefficient (Wildman–Crippen LogP) is 2.97. The first-order valence-corrected chi connectivity index (χ1v) is 10.5. The summed E-state index contributed by atoms with van der Waals surface area (Å²) in [5, 5.41) is 21.7. The average Bonchev–Trinajstić information content (AvgIpc) is 3.15. The Morgan fingerprint density at radius 1 is 1.24 bits per heavy atom. The molecular weight excluding hydrogens is 476 g/mol. The number of carboxylic acids is 1. The molecule has 0 bridgehead atoms. The Balaban J connectivity index is 1.88. The van der Waals surface area contributed by atoms with E-state index in [2.05, 4.69) is 20.9 Å². The lowest BCUT2D eigenvalue weighted by molar-refractivity contribution is -0.141. The molecule has 29 heavy (non-hydrogen) atoms. The van der Waals surface area contributed by atoms with Gasteiger partial charge < -0.3 is 10.2 Å². The van der Waals surface area contributed by atoms with Gasteiger partial charge in [-0.25, -0.2) is 9.79 Å². The number of thiazole rings is 1. The molecule has 9 heteroatoms. The van der Waals surface area contributed by atoms with E-state index in [4.69, 9.17) is 12.2 Å². The van der Waals surface area contributed by atoms with E-state index in [1.807, 2.05) is 30.3 Å². The van der Waals surface area contributed by atoms with Crippen LogP contribution in [-0.4, -0.2) is 26.7 Å². The van der Waals surface area contributed by atoms with Gasteiger partial charge in [0, 0.05) is 16.1 Å². The number of amides is 1. The molecule has 6 nitrogen and oxygen atoms in total. The van der Waals surface area contributed by atoms with Gasteiger partial charge in [-0.05, 0) is 36.0 Å². The number of aliphatic carboxylic acids is 1. The highest BCUT2D eigenvalue weighted by atomic mass is 79.9. The number of benzene rings is 2. The fourth-order valence-corrected chi connectivity index (χ4v) is 5.05. The standard InChI is InChI=1S/C20H13BrN2O4S2/c21-11-6-7-13-12(9-11)15(17(24)22-13)16-18(25)23(20(28)29-16)14(19(26)27)8-10-4-2-1-3-5-10/h1-7,9,14,25H,8H2,(H,26,27)/t14-/m1/s1. The molecule has 1 aromatic heterocycles. The molecule has 1 aliphatic rings. The highest BCUT2D eigenvalue weighted by molar-refractivity contribution is 9.10. The summed E-state index contributed by atoms with van der Waals surface area (Å²) >= 11 is 9.74. The summed E-state index contributed by atoms with van der Waals surface area (Å²) in [6, 6.07) is 13.2. The van der Waals surface area contributed by atoms with Crippen molar-refractivity contribution in [3.63, 3.8) is 0 Å². The summed E-state index contributed by atoms with van der Waals surface area (Å²) < 4.78 is 2.12. The molecule has 146 valence electrons. The Morgan fingerprint density at radius 3 is 2.66 bits per heavy atom. The van der Waals surface area contributed by atoms with E-state index in [1.54, 1.807) is 18.2 Å². The number of carbonyl (C=O) groups is 2. The molecule has 1 amide bonds. The van der Waals surface area contributed by atoms with Gasteiger partial charge in [0.05, 0.1) is 10.9 Å². The molecule has 1 aliphatic heterocycles. The van der Waals surface area contributed by atoms with Gasteiger partial charge in [0.2, 0.25) is 5.88 Å². The molecule has 2 heterocycles. The quantitative estimate of drug-likeness (QED) is 0.538. The largest absolute Gasteiger partial charge is 0.493 e.